The Morgan fingerprint density at radius 3 is 2.73 bits per heavy atom. The Bertz CT molecular complexity index is 1450. The van der Waals surface area contributed by atoms with Crippen LogP contribution in [-0.2, 0) is 16.1 Å². The number of carbonyl (C=O) groups excluding carboxylic acids is 2. The number of ether oxygens (including phenoxy) is 2. The number of nitrogens with one attached hydrogen (secondary N) is 2. The molecule has 3 aromatic rings. The van der Waals surface area contributed by atoms with E-state index in [1.807, 2.05) is 12.1 Å². The van der Waals surface area contributed by atoms with Gasteiger partial charge in [-0.3, -0.25) is 9.59 Å². The number of amides is 2. The van der Waals surface area contributed by atoms with E-state index in [9.17, 15) is 14.7 Å². The third kappa shape index (κ3) is 6.41. The maximum Gasteiger partial charge on any atom is 0.255 e. The number of hydrogen-bond donors (Lipinski definition) is 3. The first kappa shape index (κ1) is 29.1. The third-order valence-corrected chi connectivity index (χ3v) is 7.89. The minimum absolute atomic E-state index is 0.215. The fraction of sp³-hybridized carbons (Fsp3) is 0.379. The van der Waals surface area contributed by atoms with E-state index < -0.39 is 18.0 Å². The van der Waals surface area contributed by atoms with Crippen LogP contribution < -0.4 is 15.4 Å². The van der Waals surface area contributed by atoms with Crippen LogP contribution in [0.25, 0.3) is 11.3 Å². The molecule has 1 saturated heterocycles. The van der Waals surface area contributed by atoms with Gasteiger partial charge in [-0.25, -0.2) is 9.97 Å². The molecular formula is C29H31Cl2N5O5. The summed E-state index contributed by atoms with van der Waals surface area (Å²) in [5.74, 6) is 0.280. The summed E-state index contributed by atoms with van der Waals surface area (Å²) in [4.78, 5) is 37.1. The largest absolute Gasteiger partial charge is 0.497 e. The zero-order valence-corrected chi connectivity index (χ0v) is 24.2. The average Bonchev–Trinajstić information content (AvgIpc) is 3.31. The Morgan fingerprint density at radius 1 is 1.22 bits per heavy atom. The molecule has 0 aliphatic carbocycles. The highest BCUT2D eigenvalue weighted by Crippen LogP contribution is 2.33. The second-order valence-electron chi connectivity index (χ2n) is 10.1. The molecule has 5 rings (SSSR count). The van der Waals surface area contributed by atoms with Gasteiger partial charge in [0.15, 0.2) is 0 Å². The van der Waals surface area contributed by atoms with Crippen molar-refractivity contribution in [3.05, 3.63) is 69.3 Å². The SMILES string of the molecule is COc1cc(Cl)cc([C@@H](CO)NC(=O)[C@@H](C)N2Cc3ccc(-c4nc(NC5CCOCC5)ncc4Cl)cc3C2=O)c1. The molecule has 216 valence electrons. The van der Waals surface area contributed by atoms with Crippen molar-refractivity contribution >= 4 is 41.0 Å². The predicted molar refractivity (Wildman–Crippen MR) is 155 cm³/mol. The number of anilines is 1. The van der Waals surface area contributed by atoms with Gasteiger partial charge in [-0.1, -0.05) is 35.3 Å². The molecule has 1 aromatic heterocycles. The fourth-order valence-corrected chi connectivity index (χ4v) is 5.45. The Balaban J connectivity index is 1.31. The highest BCUT2D eigenvalue weighted by molar-refractivity contribution is 6.33. The number of hydrogen-bond acceptors (Lipinski definition) is 8. The van der Waals surface area contributed by atoms with Crippen LogP contribution in [0, 0.1) is 0 Å². The summed E-state index contributed by atoms with van der Waals surface area (Å²) in [6, 6.07) is 9.13. The smallest absolute Gasteiger partial charge is 0.255 e. The van der Waals surface area contributed by atoms with Gasteiger partial charge < -0.3 is 30.1 Å². The molecule has 2 aliphatic heterocycles. The van der Waals surface area contributed by atoms with Crippen LogP contribution in [-0.4, -0.2) is 70.8 Å². The van der Waals surface area contributed by atoms with Gasteiger partial charge >= 0.3 is 0 Å². The lowest BCUT2D eigenvalue weighted by atomic mass is 10.0. The van der Waals surface area contributed by atoms with E-state index in [4.69, 9.17) is 32.7 Å². The lowest BCUT2D eigenvalue weighted by Crippen LogP contribution is -2.46. The van der Waals surface area contributed by atoms with E-state index in [-0.39, 0.29) is 25.1 Å². The number of carbonyl (C=O) groups is 2. The van der Waals surface area contributed by atoms with Crippen molar-refractivity contribution in [3.63, 3.8) is 0 Å². The number of benzene rings is 2. The predicted octanol–water partition coefficient (Wildman–Crippen LogP) is 4.24. The molecule has 0 unspecified atom stereocenters. The number of fused-ring (bicyclic) bond motifs is 1. The molecule has 2 aromatic carbocycles. The molecule has 3 N–H and O–H groups in total. The summed E-state index contributed by atoms with van der Waals surface area (Å²) >= 11 is 12.6. The van der Waals surface area contributed by atoms with Gasteiger partial charge in [-0.05, 0) is 55.2 Å². The van der Waals surface area contributed by atoms with Gasteiger partial charge in [0.25, 0.3) is 5.91 Å². The molecular weight excluding hydrogens is 569 g/mol. The van der Waals surface area contributed by atoms with Crippen molar-refractivity contribution in [2.45, 2.75) is 44.4 Å². The number of halogens is 2. The van der Waals surface area contributed by atoms with Crippen LogP contribution in [0.4, 0.5) is 5.95 Å². The topological polar surface area (TPSA) is 126 Å². The van der Waals surface area contributed by atoms with E-state index in [1.54, 1.807) is 37.4 Å². The van der Waals surface area contributed by atoms with Crippen molar-refractivity contribution in [1.29, 1.82) is 0 Å². The van der Waals surface area contributed by atoms with E-state index >= 15 is 0 Å². The summed E-state index contributed by atoms with van der Waals surface area (Å²) < 4.78 is 10.7. The molecule has 41 heavy (non-hydrogen) atoms. The summed E-state index contributed by atoms with van der Waals surface area (Å²) in [7, 11) is 1.51. The van der Waals surface area contributed by atoms with Gasteiger partial charge in [0.1, 0.15) is 11.8 Å². The summed E-state index contributed by atoms with van der Waals surface area (Å²) in [6.45, 7) is 2.95. The van der Waals surface area contributed by atoms with Crippen molar-refractivity contribution in [1.82, 2.24) is 20.2 Å². The molecule has 3 heterocycles. The molecule has 0 saturated carbocycles. The number of aliphatic hydroxyl groups is 1. The fourth-order valence-electron chi connectivity index (χ4n) is 5.02. The van der Waals surface area contributed by atoms with Crippen LogP contribution in [0.1, 0.15) is 47.3 Å². The molecule has 12 heteroatoms. The standard InChI is InChI=1S/C29H31Cl2N5O5/c1-16(27(38)34-25(15-37)19-9-20(30)12-22(10-19)40-2)36-14-18-4-3-17(11-23(18)28(36)39)26-24(31)13-32-29(35-26)33-21-5-7-41-8-6-21/h3-4,9-13,16,21,25,37H,5-8,14-15H2,1-2H3,(H,34,38)(H,32,33,35)/t16-,25-/m1/s1. The van der Waals surface area contributed by atoms with Gasteiger partial charge in [0.05, 0.1) is 36.7 Å². The lowest BCUT2D eigenvalue weighted by Gasteiger charge is -2.26. The third-order valence-electron chi connectivity index (χ3n) is 7.39. The van der Waals surface area contributed by atoms with Crippen LogP contribution >= 0.6 is 23.2 Å². The zero-order chi connectivity index (χ0) is 29.1. The molecule has 2 atom stereocenters. The summed E-state index contributed by atoms with van der Waals surface area (Å²) in [5, 5.41) is 16.9. The first-order chi connectivity index (χ1) is 19.8. The number of nitrogens with zero attached hydrogens (tertiary/aromatic N) is 3. The Labute approximate surface area is 248 Å². The highest BCUT2D eigenvalue weighted by Gasteiger charge is 2.35. The monoisotopic (exact) mass is 599 g/mol. The van der Waals surface area contributed by atoms with Gasteiger partial charge in [-0.2, -0.15) is 0 Å². The molecule has 2 amide bonds. The molecule has 0 radical (unpaired) electrons. The average molecular weight is 601 g/mol. The Kier molecular flexibility index (Phi) is 8.94. The number of aliphatic hydroxyl groups excluding tert-OH is 1. The van der Waals surface area contributed by atoms with Crippen molar-refractivity contribution in [2.75, 3.05) is 32.2 Å². The van der Waals surface area contributed by atoms with Crippen molar-refractivity contribution in [3.8, 4) is 17.0 Å². The molecule has 0 bridgehead atoms. The molecule has 2 aliphatic rings. The highest BCUT2D eigenvalue weighted by atomic mass is 35.5. The Morgan fingerprint density at radius 2 is 2.00 bits per heavy atom. The summed E-state index contributed by atoms with van der Waals surface area (Å²) in [6.07, 6.45) is 3.28. The zero-order valence-electron chi connectivity index (χ0n) is 22.7. The number of aromatic nitrogens is 2. The van der Waals surface area contributed by atoms with Crippen molar-refractivity contribution < 1.29 is 24.2 Å². The van der Waals surface area contributed by atoms with Gasteiger partial charge in [0, 0.05) is 41.9 Å². The van der Waals surface area contributed by atoms with E-state index in [1.165, 1.54) is 12.0 Å². The van der Waals surface area contributed by atoms with Gasteiger partial charge in [-0.15, -0.1) is 0 Å². The van der Waals surface area contributed by atoms with Crippen LogP contribution in [0.5, 0.6) is 5.75 Å². The van der Waals surface area contributed by atoms with E-state index in [0.717, 1.165) is 18.4 Å². The van der Waals surface area contributed by atoms with Gasteiger partial charge in [0.2, 0.25) is 11.9 Å². The normalized spacial score (nSPS) is 16.7. The quantitative estimate of drug-likeness (QED) is 0.333. The number of rotatable bonds is 9. The minimum atomic E-state index is -0.800. The van der Waals surface area contributed by atoms with Crippen LogP contribution in [0.15, 0.2) is 42.6 Å². The Hall–Kier alpha value is -3.44. The second-order valence-corrected chi connectivity index (χ2v) is 10.9. The maximum absolute atomic E-state index is 13.5. The molecule has 10 nitrogen and oxygen atoms in total. The molecule has 0 spiro atoms. The first-order valence-corrected chi connectivity index (χ1v) is 14.1. The van der Waals surface area contributed by atoms with Crippen molar-refractivity contribution in [2.24, 2.45) is 0 Å². The first-order valence-electron chi connectivity index (χ1n) is 13.3. The van der Waals surface area contributed by atoms with E-state index in [0.29, 0.717) is 57.3 Å². The minimum Gasteiger partial charge on any atom is -0.497 e. The summed E-state index contributed by atoms with van der Waals surface area (Å²) in [5.41, 5.74) is 3.05. The van der Waals surface area contributed by atoms with Crippen LogP contribution in [0.3, 0.4) is 0 Å². The van der Waals surface area contributed by atoms with E-state index in [2.05, 4.69) is 20.6 Å². The molecule has 1 fully saturated rings. The van der Waals surface area contributed by atoms with Crippen LogP contribution in [0.2, 0.25) is 10.0 Å². The second kappa shape index (κ2) is 12.6. The maximum atomic E-state index is 13.5. The number of methoxy groups -OCH3 is 1. The lowest BCUT2D eigenvalue weighted by molar-refractivity contribution is -0.126.